The van der Waals surface area contributed by atoms with Crippen molar-refractivity contribution in [1.82, 2.24) is 0 Å². The van der Waals surface area contributed by atoms with E-state index >= 15 is 0 Å². The van der Waals surface area contributed by atoms with Crippen molar-refractivity contribution in [2.45, 2.75) is 0 Å². The Labute approximate surface area is 145 Å². The normalized spacial score (nSPS) is 1.33. The molecule has 12 heteroatoms. The first-order valence-electron chi connectivity index (χ1n) is 1.49. The van der Waals surface area contributed by atoms with Crippen molar-refractivity contribution in [3.05, 3.63) is 39.9 Å². The van der Waals surface area contributed by atoms with Gasteiger partial charge < -0.3 is 0 Å². The van der Waals surface area contributed by atoms with Crippen LogP contribution in [-0.2, 0) is 62.5 Å². The molecule has 0 fully saturated rings. The third-order valence-electron chi connectivity index (χ3n) is 0. The first-order valence-corrected chi connectivity index (χ1v) is 5.97. The molecule has 0 aliphatic carbocycles. The van der Waals surface area contributed by atoms with Gasteiger partial charge in [0.25, 0.3) is 0 Å². The van der Waals surface area contributed by atoms with Crippen molar-refractivity contribution in [2.24, 2.45) is 0 Å². The molecule has 0 saturated heterocycles. The van der Waals surface area contributed by atoms with Gasteiger partial charge in [0.15, 0.2) is 0 Å². The van der Waals surface area contributed by atoms with Gasteiger partial charge in [0.05, 0.1) is 0 Å². The Kier molecular flexibility index (Phi) is 30100. The van der Waals surface area contributed by atoms with Crippen LogP contribution in [0.15, 0.2) is 0 Å². The number of rotatable bonds is 0. The van der Waals surface area contributed by atoms with E-state index in [0.29, 0.717) is 0 Å². The quantitative estimate of drug-likeness (QED) is 0.267. The molecule has 0 aromatic heterocycles. The fraction of sp³-hybridized carbons (Fsp3) is 0. The van der Waals surface area contributed by atoms with Gasteiger partial charge >= 0.3 is 122 Å². The van der Waals surface area contributed by atoms with Gasteiger partial charge in [-0.2, -0.15) is 0 Å². The van der Waals surface area contributed by atoms with Crippen LogP contribution >= 0.6 is 44.2 Å². The molecule has 6 nitrogen and oxygen atoms in total. The summed E-state index contributed by atoms with van der Waals surface area (Å²) in [5, 5.41) is 0. The molecule has 0 heterocycles. The van der Waals surface area contributed by atoms with E-state index in [1.807, 2.05) is 34.6 Å². The predicted octanol–water partition coefficient (Wildman–Crippen LogP) is 1.99. The van der Waals surface area contributed by atoms with Crippen LogP contribution in [0, 0.1) is 39.9 Å². The third kappa shape index (κ3) is 5900. The minimum absolute atomic E-state index is 0. The van der Waals surface area contributed by atoms with E-state index in [9.17, 15) is 0 Å². The summed E-state index contributed by atoms with van der Waals surface area (Å²) in [4.78, 5) is 0. The average Bonchev–Trinajstić information content (AvgIpc) is 2.54. The molecule has 18 heavy (non-hydrogen) atoms. The molecule has 106 valence electrons. The van der Waals surface area contributed by atoms with Crippen molar-refractivity contribution in [2.75, 3.05) is 0 Å². The summed E-state index contributed by atoms with van der Waals surface area (Å²) in [5.74, 6) is 0. The van der Waals surface area contributed by atoms with Crippen molar-refractivity contribution < 1.29 is 62.5 Å². The van der Waals surface area contributed by atoms with Gasteiger partial charge in [0.2, 0.25) is 0 Å². The SMILES string of the molecule is Cl.Cl.[C-]#[O+].[C-]#[O+].[C-]#[O+].[C-]#[O+].[C-]#[O+].[C-]#[O+].[Cl][Ru].[Cl][Ru]. The molecule has 0 aliphatic heterocycles. The zero-order valence-electron chi connectivity index (χ0n) is 7.73. The maximum atomic E-state index is 7.50. The van der Waals surface area contributed by atoms with Crippen LogP contribution in [0.5, 0.6) is 0 Å². The summed E-state index contributed by atoms with van der Waals surface area (Å²) in [7, 11) is 9.14. The van der Waals surface area contributed by atoms with Gasteiger partial charge in [-0.05, 0) is 0 Å². The summed E-state index contributed by atoms with van der Waals surface area (Å²) in [6.45, 7) is 27.0. The van der Waals surface area contributed by atoms with Crippen LogP contribution in [0.1, 0.15) is 0 Å². The van der Waals surface area contributed by atoms with Gasteiger partial charge in [-0.15, -0.1) is 24.8 Å². The molecular formula is C6H2Cl4O6Ru2. The maximum absolute atomic E-state index is 7.50. The van der Waals surface area contributed by atoms with Crippen LogP contribution in [0.3, 0.4) is 0 Å². The van der Waals surface area contributed by atoms with Gasteiger partial charge in [0, 0.05) is 0 Å². The second kappa shape index (κ2) is 7060. The molecule has 0 saturated carbocycles. The van der Waals surface area contributed by atoms with Gasteiger partial charge in [-0.1, -0.05) is 0 Å². The molecule has 0 aliphatic rings. The first kappa shape index (κ1) is 76.7. The Morgan fingerprint density at radius 3 is 0.389 bits per heavy atom. The average molecular weight is 514 g/mol. The molecule has 0 atom stereocenters. The van der Waals surface area contributed by atoms with E-state index in [4.69, 9.17) is 27.9 Å². The minimum atomic E-state index is 0. The van der Waals surface area contributed by atoms with Crippen LogP contribution in [0.2, 0.25) is 0 Å². The Bertz CT molecular complexity index is 109. The van der Waals surface area contributed by atoms with Crippen molar-refractivity contribution in [1.29, 1.82) is 0 Å². The van der Waals surface area contributed by atoms with Gasteiger partial charge in [0.1, 0.15) is 0 Å². The zero-order valence-corrected chi connectivity index (χ0v) is 14.4. The van der Waals surface area contributed by atoms with Gasteiger partial charge in [-0.3, -0.25) is 0 Å². The fourth-order valence-electron chi connectivity index (χ4n) is 0. The fourth-order valence-corrected chi connectivity index (χ4v) is 0. The monoisotopic (exact) mass is 514 g/mol. The molecule has 0 aromatic rings. The standard InChI is InChI=1S/6CO.4ClH.2Ru/c6*1-2;;;;;;/h;;;;;;4*1H;;/q;;;;;;;;;;2*+1/p-2. The van der Waals surface area contributed by atoms with E-state index in [1.54, 1.807) is 0 Å². The first-order chi connectivity index (χ1) is 8.00. The summed E-state index contributed by atoms with van der Waals surface area (Å²) >= 11 is 3.64. The van der Waals surface area contributed by atoms with Crippen LogP contribution < -0.4 is 0 Å². The molecule has 0 rings (SSSR count). The summed E-state index contributed by atoms with van der Waals surface area (Å²) in [5.41, 5.74) is 0. The molecule has 0 unspecified atom stereocenters. The molecule has 0 bridgehead atoms. The van der Waals surface area contributed by atoms with E-state index in [1.165, 1.54) is 0 Å². The third-order valence-corrected chi connectivity index (χ3v) is 0. The molecule has 0 aromatic carbocycles. The van der Waals surface area contributed by atoms with Crippen LogP contribution in [0.4, 0.5) is 0 Å². The summed E-state index contributed by atoms with van der Waals surface area (Å²) < 4.78 is 45.0. The second-order valence-corrected chi connectivity index (χ2v) is 0. The number of hydrogen-bond acceptors (Lipinski definition) is 0. The van der Waals surface area contributed by atoms with Crippen LogP contribution in [0.25, 0.3) is 0 Å². The Hall–Kier alpha value is 0.847. The predicted molar refractivity (Wildman–Crippen MR) is 49.8 cm³/mol. The zero-order chi connectivity index (χ0) is 16.0. The van der Waals surface area contributed by atoms with Gasteiger partial charge in [-0.25, -0.2) is 0 Å². The van der Waals surface area contributed by atoms with Crippen molar-refractivity contribution >= 4 is 44.2 Å². The van der Waals surface area contributed by atoms with E-state index in [-0.39, 0.29) is 24.8 Å². The number of halogens is 4. The van der Waals surface area contributed by atoms with Crippen LogP contribution in [-0.4, -0.2) is 0 Å². The summed E-state index contributed by atoms with van der Waals surface area (Å²) in [6.07, 6.45) is 0. The Morgan fingerprint density at radius 2 is 0.389 bits per heavy atom. The Balaban J connectivity index is -0.00000000500. The molecule has 0 radical (unpaired) electrons. The van der Waals surface area contributed by atoms with Crippen molar-refractivity contribution in [3.8, 4) is 0 Å². The second-order valence-electron chi connectivity index (χ2n) is 0. The van der Waals surface area contributed by atoms with E-state index < -0.39 is 0 Å². The molecule has 0 N–H and O–H groups in total. The topological polar surface area (TPSA) is 119 Å². The molecule has 0 spiro atoms. The molecule has 0 amide bonds. The Morgan fingerprint density at radius 1 is 0.389 bits per heavy atom. The van der Waals surface area contributed by atoms with Crippen molar-refractivity contribution in [3.63, 3.8) is 0 Å². The summed E-state index contributed by atoms with van der Waals surface area (Å²) in [6, 6.07) is 0. The van der Waals surface area contributed by atoms with E-state index in [0.717, 1.165) is 0 Å². The molecular weight excluding hydrogens is 512 g/mol. The number of hydrogen-bond donors (Lipinski definition) is 0. The van der Waals surface area contributed by atoms with E-state index in [2.05, 4.69) is 59.3 Å².